The molecule has 0 bridgehead atoms. The van der Waals surface area contributed by atoms with E-state index < -0.39 is 15.8 Å². The van der Waals surface area contributed by atoms with Gasteiger partial charge in [0.05, 0.1) is 16.5 Å². The van der Waals surface area contributed by atoms with Gasteiger partial charge in [-0.1, -0.05) is 11.6 Å². The van der Waals surface area contributed by atoms with E-state index in [0.717, 1.165) is 15.7 Å². The highest BCUT2D eigenvalue weighted by Gasteiger charge is 2.25. The van der Waals surface area contributed by atoms with Gasteiger partial charge in [0, 0.05) is 21.9 Å². The summed E-state index contributed by atoms with van der Waals surface area (Å²) in [5, 5.41) is 0.125. The molecule has 4 nitrogen and oxygen atoms in total. The lowest BCUT2D eigenvalue weighted by Crippen LogP contribution is -2.25. The van der Waals surface area contributed by atoms with Crippen molar-refractivity contribution in [2.45, 2.75) is 6.92 Å². The van der Waals surface area contributed by atoms with E-state index in [1.165, 1.54) is 43.3 Å². The number of hydrogen-bond donors (Lipinski definition) is 0. The Morgan fingerprint density at radius 2 is 1.88 bits per heavy atom. The standard InChI is InChI=1S/C16H14BrClFNO3S2/c1-3-25(22,23)20(24-2)15-9-13(17)12(8-14(15)18)16(21)10-4-6-11(19)7-5-10/h4-9H,3H2,1-2H3. The van der Waals surface area contributed by atoms with Gasteiger partial charge in [0.1, 0.15) is 5.82 Å². The van der Waals surface area contributed by atoms with Crippen LogP contribution >= 0.6 is 39.5 Å². The summed E-state index contributed by atoms with van der Waals surface area (Å²) < 4.78 is 38.9. The Balaban J connectivity index is 2.50. The summed E-state index contributed by atoms with van der Waals surface area (Å²) in [6.45, 7) is 1.54. The van der Waals surface area contributed by atoms with Gasteiger partial charge in [0.15, 0.2) is 5.78 Å². The van der Waals surface area contributed by atoms with Crippen molar-refractivity contribution in [1.29, 1.82) is 0 Å². The number of hydrogen-bond acceptors (Lipinski definition) is 4. The number of benzene rings is 2. The number of anilines is 1. The molecule has 0 unspecified atom stereocenters. The molecule has 2 aromatic rings. The number of rotatable bonds is 6. The van der Waals surface area contributed by atoms with Gasteiger partial charge in [-0.05, 0) is 71.2 Å². The van der Waals surface area contributed by atoms with Crippen molar-refractivity contribution < 1.29 is 17.6 Å². The molecule has 0 spiro atoms. The molecule has 0 aliphatic rings. The van der Waals surface area contributed by atoms with Gasteiger partial charge in [-0.2, -0.15) is 0 Å². The second-order valence-corrected chi connectivity index (χ2v) is 9.26. The molecule has 0 N–H and O–H groups in total. The highest BCUT2D eigenvalue weighted by atomic mass is 79.9. The van der Waals surface area contributed by atoms with Gasteiger partial charge in [-0.25, -0.2) is 16.5 Å². The second-order valence-electron chi connectivity index (χ2n) is 4.93. The Labute approximate surface area is 163 Å². The number of ketones is 1. The number of carbonyl (C=O) groups excluding carboxylic acids is 1. The molecule has 0 radical (unpaired) electrons. The summed E-state index contributed by atoms with van der Waals surface area (Å²) >= 11 is 10.5. The predicted octanol–water partition coefficient (Wildman–Crippen LogP) is 4.91. The normalized spacial score (nSPS) is 11.4. The summed E-state index contributed by atoms with van der Waals surface area (Å²) in [6.07, 6.45) is 1.62. The fourth-order valence-corrected chi connectivity index (χ4v) is 5.20. The molecule has 25 heavy (non-hydrogen) atoms. The van der Waals surface area contributed by atoms with Crippen LogP contribution in [0.25, 0.3) is 0 Å². The van der Waals surface area contributed by atoms with Crippen molar-refractivity contribution in [3.8, 4) is 0 Å². The molecule has 0 aliphatic heterocycles. The first-order valence-corrected chi connectivity index (χ1v) is 11.0. The first kappa shape index (κ1) is 20.2. The molecule has 0 heterocycles. The van der Waals surface area contributed by atoms with Gasteiger partial charge >= 0.3 is 0 Å². The molecule has 2 rings (SSSR count). The van der Waals surface area contributed by atoms with Crippen molar-refractivity contribution in [2.75, 3.05) is 15.7 Å². The quantitative estimate of drug-likeness (QED) is 0.448. The molecule has 134 valence electrons. The van der Waals surface area contributed by atoms with Crippen LogP contribution in [0.4, 0.5) is 10.1 Å². The van der Waals surface area contributed by atoms with Crippen LogP contribution in [0.15, 0.2) is 40.9 Å². The Kier molecular flexibility index (Phi) is 6.53. The molecular formula is C16H14BrClFNO3S2. The van der Waals surface area contributed by atoms with Crippen LogP contribution in [0.5, 0.6) is 0 Å². The van der Waals surface area contributed by atoms with Crippen molar-refractivity contribution >= 4 is 61.0 Å². The van der Waals surface area contributed by atoms with Crippen molar-refractivity contribution in [1.82, 2.24) is 0 Å². The van der Waals surface area contributed by atoms with Crippen LogP contribution in [-0.2, 0) is 10.0 Å². The van der Waals surface area contributed by atoms with Crippen LogP contribution in [0.1, 0.15) is 22.8 Å². The third-order valence-electron chi connectivity index (χ3n) is 3.37. The minimum absolute atomic E-state index is 0.0853. The Morgan fingerprint density at radius 3 is 2.40 bits per heavy atom. The summed E-state index contributed by atoms with van der Waals surface area (Å²) in [5.41, 5.74) is 0.822. The van der Waals surface area contributed by atoms with Crippen LogP contribution < -0.4 is 3.71 Å². The summed E-state index contributed by atoms with van der Waals surface area (Å²) in [7, 11) is -3.53. The van der Waals surface area contributed by atoms with Crippen molar-refractivity contribution in [3.63, 3.8) is 0 Å². The van der Waals surface area contributed by atoms with Crippen LogP contribution in [0, 0.1) is 5.82 Å². The molecule has 0 amide bonds. The van der Waals surface area contributed by atoms with Crippen LogP contribution in [0.3, 0.4) is 0 Å². The Morgan fingerprint density at radius 1 is 1.28 bits per heavy atom. The molecule has 0 fully saturated rings. The zero-order valence-corrected chi connectivity index (χ0v) is 17.3. The summed E-state index contributed by atoms with van der Waals surface area (Å²) in [6, 6.07) is 8.04. The molecule has 0 aliphatic carbocycles. The monoisotopic (exact) mass is 465 g/mol. The Hall–Kier alpha value is -1.09. The molecule has 0 atom stereocenters. The summed E-state index contributed by atoms with van der Waals surface area (Å²) in [4.78, 5) is 12.6. The van der Waals surface area contributed by atoms with Gasteiger partial charge < -0.3 is 0 Å². The van der Waals surface area contributed by atoms with E-state index in [2.05, 4.69) is 15.9 Å². The minimum Gasteiger partial charge on any atom is -0.289 e. The molecule has 0 aromatic heterocycles. The lowest BCUT2D eigenvalue weighted by molar-refractivity contribution is 0.103. The highest BCUT2D eigenvalue weighted by Crippen LogP contribution is 2.37. The lowest BCUT2D eigenvalue weighted by atomic mass is 10.0. The van der Waals surface area contributed by atoms with E-state index in [1.807, 2.05) is 0 Å². The molecule has 9 heteroatoms. The third-order valence-corrected chi connectivity index (χ3v) is 7.41. The van der Waals surface area contributed by atoms with Crippen molar-refractivity contribution in [3.05, 3.63) is 62.8 Å². The van der Waals surface area contributed by atoms with E-state index >= 15 is 0 Å². The average molecular weight is 467 g/mol. The second kappa shape index (κ2) is 8.07. The number of sulfonamides is 1. The maximum Gasteiger partial charge on any atom is 0.244 e. The van der Waals surface area contributed by atoms with Gasteiger partial charge in [0.2, 0.25) is 10.0 Å². The zero-order chi connectivity index (χ0) is 18.8. The van der Waals surface area contributed by atoms with Crippen LogP contribution in [0.2, 0.25) is 5.02 Å². The molecule has 0 saturated heterocycles. The lowest BCUT2D eigenvalue weighted by Gasteiger charge is -2.22. The van der Waals surface area contributed by atoms with E-state index in [4.69, 9.17) is 11.6 Å². The largest absolute Gasteiger partial charge is 0.289 e. The number of halogens is 3. The maximum atomic E-state index is 13.0. The Bertz CT molecular complexity index is 904. The van der Waals surface area contributed by atoms with Gasteiger partial charge in [0.25, 0.3) is 0 Å². The first-order chi connectivity index (χ1) is 11.7. The van der Waals surface area contributed by atoms with Crippen LogP contribution in [-0.4, -0.2) is 26.2 Å². The highest BCUT2D eigenvalue weighted by molar-refractivity contribution is 9.10. The topological polar surface area (TPSA) is 54.5 Å². The maximum absolute atomic E-state index is 13.0. The molecular weight excluding hydrogens is 453 g/mol. The molecule has 0 saturated carbocycles. The van der Waals surface area contributed by atoms with Crippen molar-refractivity contribution in [2.24, 2.45) is 0 Å². The fraction of sp³-hybridized carbons (Fsp3) is 0.188. The number of carbonyl (C=O) groups is 1. The first-order valence-electron chi connectivity index (χ1n) is 7.07. The minimum atomic E-state index is -3.53. The fourth-order valence-electron chi connectivity index (χ4n) is 2.09. The number of nitrogens with zero attached hydrogens (tertiary/aromatic N) is 1. The average Bonchev–Trinajstić information content (AvgIpc) is 2.58. The van der Waals surface area contributed by atoms with Gasteiger partial charge in [-0.3, -0.25) is 4.79 Å². The smallest absolute Gasteiger partial charge is 0.244 e. The predicted molar refractivity (Wildman–Crippen MR) is 104 cm³/mol. The van der Waals surface area contributed by atoms with E-state index in [-0.39, 0.29) is 27.8 Å². The third kappa shape index (κ3) is 4.36. The van der Waals surface area contributed by atoms with E-state index in [9.17, 15) is 17.6 Å². The van der Waals surface area contributed by atoms with Gasteiger partial charge in [-0.15, -0.1) is 0 Å². The zero-order valence-electron chi connectivity index (χ0n) is 13.3. The summed E-state index contributed by atoms with van der Waals surface area (Å²) in [5.74, 6) is -0.878. The SMILES string of the molecule is CCS(=O)(=O)N(SC)c1cc(Br)c(C(=O)c2ccc(F)cc2)cc1Cl. The van der Waals surface area contributed by atoms with E-state index in [1.54, 1.807) is 6.26 Å². The molecule has 2 aromatic carbocycles. The van der Waals surface area contributed by atoms with E-state index in [0.29, 0.717) is 10.0 Å².